The number of hydrogen-bond acceptors (Lipinski definition) is 3. The molecule has 0 spiro atoms. The van der Waals surface area contributed by atoms with E-state index in [1.807, 2.05) is 11.9 Å². The Bertz CT molecular complexity index is 410. The molecule has 0 aromatic carbocycles. The summed E-state index contributed by atoms with van der Waals surface area (Å²) in [5.74, 6) is -0.943. The van der Waals surface area contributed by atoms with E-state index in [9.17, 15) is 4.79 Å². The Hall–Kier alpha value is -1.58. The Morgan fingerprint density at radius 1 is 1.47 bits per heavy atom. The number of nitrogens with zero attached hydrogens (tertiary/aromatic N) is 2. The lowest BCUT2D eigenvalue weighted by atomic mass is 9.87. The van der Waals surface area contributed by atoms with Crippen LogP contribution in [0.15, 0.2) is 18.5 Å². The van der Waals surface area contributed by atoms with Gasteiger partial charge in [0.1, 0.15) is 5.56 Å². The summed E-state index contributed by atoms with van der Waals surface area (Å²) in [6, 6.07) is 1.97. The molecule has 0 aliphatic carbocycles. The van der Waals surface area contributed by atoms with Crippen LogP contribution in [0.2, 0.25) is 0 Å². The molecule has 0 bridgehead atoms. The van der Waals surface area contributed by atoms with Gasteiger partial charge in [0.25, 0.3) is 0 Å². The number of aromatic nitrogens is 1. The molecular weight excluding hydrogens is 216 g/mol. The zero-order valence-electron chi connectivity index (χ0n) is 11.1. The second-order valence-electron chi connectivity index (χ2n) is 5.35. The van der Waals surface area contributed by atoms with Gasteiger partial charge in [0, 0.05) is 25.5 Å². The second-order valence-corrected chi connectivity index (χ2v) is 5.35. The predicted molar refractivity (Wildman–Crippen MR) is 68.5 cm³/mol. The van der Waals surface area contributed by atoms with Crippen molar-refractivity contribution in [3.05, 3.63) is 24.0 Å². The Balaban J connectivity index is 3.12. The molecule has 1 atom stereocenters. The molecule has 1 unspecified atom stereocenters. The molecule has 94 valence electrons. The monoisotopic (exact) mass is 236 g/mol. The summed E-state index contributed by atoms with van der Waals surface area (Å²) in [6.45, 7) is 8.49. The van der Waals surface area contributed by atoms with Crippen molar-refractivity contribution >= 4 is 11.7 Å². The summed E-state index contributed by atoms with van der Waals surface area (Å²) < 4.78 is 0. The maximum absolute atomic E-state index is 11.1. The van der Waals surface area contributed by atoms with E-state index in [0.29, 0.717) is 5.69 Å². The van der Waals surface area contributed by atoms with Crippen molar-refractivity contribution in [3.8, 4) is 0 Å². The minimum absolute atomic E-state index is 0.0772. The summed E-state index contributed by atoms with van der Waals surface area (Å²) in [5, 5.41) is 9.13. The average molecular weight is 236 g/mol. The first-order valence-electron chi connectivity index (χ1n) is 5.65. The molecule has 0 fully saturated rings. The largest absolute Gasteiger partial charge is 0.478 e. The van der Waals surface area contributed by atoms with Crippen LogP contribution in [-0.4, -0.2) is 29.1 Å². The molecule has 0 saturated carbocycles. The third-order valence-electron chi connectivity index (χ3n) is 3.24. The van der Waals surface area contributed by atoms with E-state index in [-0.39, 0.29) is 17.0 Å². The third-order valence-corrected chi connectivity index (χ3v) is 3.24. The van der Waals surface area contributed by atoms with Crippen molar-refractivity contribution in [3.63, 3.8) is 0 Å². The molecule has 4 nitrogen and oxygen atoms in total. The highest BCUT2D eigenvalue weighted by Crippen LogP contribution is 2.28. The van der Waals surface area contributed by atoms with Crippen LogP contribution in [0.25, 0.3) is 0 Å². The lowest BCUT2D eigenvalue weighted by Gasteiger charge is -2.37. The Kier molecular flexibility index (Phi) is 3.76. The first-order valence-corrected chi connectivity index (χ1v) is 5.65. The molecule has 0 aliphatic rings. The summed E-state index contributed by atoms with van der Waals surface area (Å²) in [7, 11) is 1.91. The van der Waals surface area contributed by atoms with Crippen LogP contribution in [0.3, 0.4) is 0 Å². The van der Waals surface area contributed by atoms with Crippen LogP contribution >= 0.6 is 0 Å². The van der Waals surface area contributed by atoms with Gasteiger partial charge in [0.05, 0.1) is 5.69 Å². The van der Waals surface area contributed by atoms with E-state index in [0.717, 1.165) is 0 Å². The molecule has 0 aliphatic heterocycles. The van der Waals surface area contributed by atoms with Gasteiger partial charge in [-0.25, -0.2) is 4.79 Å². The highest BCUT2D eigenvalue weighted by Gasteiger charge is 2.26. The van der Waals surface area contributed by atoms with Gasteiger partial charge in [-0.1, -0.05) is 20.8 Å². The standard InChI is InChI=1S/C13H20N2O2/c1-9(13(2,3)4)15(5)11-6-7-14-8-10(11)12(16)17/h6-9H,1-5H3,(H,16,17). The van der Waals surface area contributed by atoms with Gasteiger partial charge in [0.2, 0.25) is 0 Å². The number of carboxylic acids is 1. The van der Waals surface area contributed by atoms with Gasteiger partial charge in [-0.15, -0.1) is 0 Å². The van der Waals surface area contributed by atoms with Crippen molar-refractivity contribution < 1.29 is 9.90 Å². The number of hydrogen-bond donors (Lipinski definition) is 1. The smallest absolute Gasteiger partial charge is 0.339 e. The number of carboxylic acid groups (broad SMARTS) is 1. The van der Waals surface area contributed by atoms with E-state index in [1.165, 1.54) is 6.20 Å². The van der Waals surface area contributed by atoms with Crippen molar-refractivity contribution in [2.45, 2.75) is 33.7 Å². The first kappa shape index (κ1) is 13.5. The highest BCUT2D eigenvalue weighted by atomic mass is 16.4. The van der Waals surface area contributed by atoms with Gasteiger partial charge in [-0.2, -0.15) is 0 Å². The van der Waals surface area contributed by atoms with Crippen LogP contribution < -0.4 is 4.90 Å². The lowest BCUT2D eigenvalue weighted by Crippen LogP contribution is -2.40. The van der Waals surface area contributed by atoms with E-state index < -0.39 is 5.97 Å². The molecule has 1 rings (SSSR count). The summed E-state index contributed by atoms with van der Waals surface area (Å²) in [4.78, 5) is 17.0. The third kappa shape index (κ3) is 2.96. The van der Waals surface area contributed by atoms with Gasteiger partial charge in [-0.3, -0.25) is 4.98 Å². The molecule has 17 heavy (non-hydrogen) atoms. The van der Waals surface area contributed by atoms with E-state index in [2.05, 4.69) is 32.7 Å². The summed E-state index contributed by atoms with van der Waals surface area (Å²) >= 11 is 0. The fourth-order valence-corrected chi connectivity index (χ4v) is 1.65. The van der Waals surface area contributed by atoms with Gasteiger partial charge < -0.3 is 10.0 Å². The molecule has 0 amide bonds. The Labute approximate surface area is 102 Å². The van der Waals surface area contributed by atoms with Crippen molar-refractivity contribution in [2.24, 2.45) is 5.41 Å². The number of pyridine rings is 1. The summed E-state index contributed by atoms with van der Waals surface area (Å²) in [6.07, 6.45) is 3.01. The van der Waals surface area contributed by atoms with Crippen LogP contribution in [0.4, 0.5) is 5.69 Å². The van der Waals surface area contributed by atoms with Crippen molar-refractivity contribution in [1.29, 1.82) is 0 Å². The lowest BCUT2D eigenvalue weighted by molar-refractivity contribution is 0.0697. The van der Waals surface area contributed by atoms with E-state index >= 15 is 0 Å². The normalized spacial score (nSPS) is 13.2. The zero-order chi connectivity index (χ0) is 13.2. The van der Waals surface area contributed by atoms with Gasteiger partial charge in [-0.05, 0) is 18.4 Å². The number of rotatable bonds is 3. The van der Waals surface area contributed by atoms with Gasteiger partial charge in [0.15, 0.2) is 0 Å². The number of anilines is 1. The Morgan fingerprint density at radius 3 is 2.53 bits per heavy atom. The minimum Gasteiger partial charge on any atom is -0.478 e. The summed E-state index contributed by atoms with van der Waals surface area (Å²) in [5.41, 5.74) is 1.02. The van der Waals surface area contributed by atoms with Gasteiger partial charge >= 0.3 is 5.97 Å². The first-order chi connectivity index (χ1) is 7.75. The fraction of sp³-hybridized carbons (Fsp3) is 0.538. The van der Waals surface area contributed by atoms with Crippen LogP contribution in [0, 0.1) is 5.41 Å². The molecule has 0 saturated heterocycles. The maximum Gasteiger partial charge on any atom is 0.339 e. The topological polar surface area (TPSA) is 53.4 Å². The quantitative estimate of drug-likeness (QED) is 0.876. The Morgan fingerprint density at radius 2 is 2.06 bits per heavy atom. The average Bonchev–Trinajstić information content (AvgIpc) is 2.25. The molecule has 1 aromatic heterocycles. The van der Waals surface area contributed by atoms with Crippen LogP contribution in [0.5, 0.6) is 0 Å². The van der Waals surface area contributed by atoms with Crippen LogP contribution in [-0.2, 0) is 0 Å². The molecule has 4 heteroatoms. The molecule has 1 N–H and O–H groups in total. The van der Waals surface area contributed by atoms with E-state index in [4.69, 9.17) is 5.11 Å². The second kappa shape index (κ2) is 4.73. The SMILES string of the molecule is CC(N(C)c1ccncc1C(=O)O)C(C)(C)C. The zero-order valence-corrected chi connectivity index (χ0v) is 11.1. The molecular formula is C13H20N2O2. The highest BCUT2D eigenvalue weighted by molar-refractivity contribution is 5.94. The van der Waals surface area contributed by atoms with E-state index in [1.54, 1.807) is 12.3 Å². The molecule has 1 aromatic rings. The van der Waals surface area contributed by atoms with Crippen LogP contribution in [0.1, 0.15) is 38.1 Å². The minimum atomic E-state index is -0.943. The number of aromatic carboxylic acids is 1. The predicted octanol–water partition coefficient (Wildman–Crippen LogP) is 2.65. The fourth-order valence-electron chi connectivity index (χ4n) is 1.65. The van der Waals surface area contributed by atoms with Crippen molar-refractivity contribution in [2.75, 3.05) is 11.9 Å². The maximum atomic E-state index is 11.1. The number of carbonyl (C=O) groups is 1. The molecule has 1 heterocycles. The molecule has 0 radical (unpaired) electrons. The van der Waals surface area contributed by atoms with Crippen molar-refractivity contribution in [1.82, 2.24) is 4.98 Å².